The second-order valence-electron chi connectivity index (χ2n) is 8.32. The van der Waals surface area contributed by atoms with Crippen LogP contribution in [0.25, 0.3) is 10.2 Å². The number of amides is 3. The number of nitrogens with zero attached hydrogens (tertiary/aromatic N) is 4. The molecule has 0 radical (unpaired) electrons. The fourth-order valence-corrected chi connectivity index (χ4v) is 4.91. The first-order chi connectivity index (χ1) is 16.4. The summed E-state index contributed by atoms with van der Waals surface area (Å²) in [6.07, 6.45) is 1.23. The number of imide groups is 1. The summed E-state index contributed by atoms with van der Waals surface area (Å²) in [7, 11) is 4.00. The Kier molecular flexibility index (Phi) is 8.82. The van der Waals surface area contributed by atoms with Gasteiger partial charge in [-0.3, -0.25) is 24.2 Å². The number of benzene rings is 2. The Morgan fingerprint density at radius 1 is 1.06 bits per heavy atom. The number of hydrogen-bond donors (Lipinski definition) is 0. The SMILES string of the molecule is CCOc1cccc2sc(N(CCCN(C)C)C(=O)c3ccc(N4C(=O)CCC4=O)cc3)nc12.Cl. The van der Waals surface area contributed by atoms with Crippen molar-refractivity contribution in [1.29, 1.82) is 0 Å². The lowest BCUT2D eigenvalue weighted by atomic mass is 10.1. The molecule has 10 heteroatoms. The first kappa shape index (κ1) is 26.6. The Balaban J connectivity index is 0.00000342. The number of carbonyl (C=O) groups is 3. The molecule has 0 spiro atoms. The Labute approximate surface area is 214 Å². The monoisotopic (exact) mass is 516 g/mol. The van der Waals surface area contributed by atoms with E-state index < -0.39 is 0 Å². The molecule has 1 aliphatic heterocycles. The third-order valence-corrected chi connectivity index (χ3v) is 6.60. The highest BCUT2D eigenvalue weighted by Gasteiger charge is 2.30. The number of para-hydroxylation sites is 1. The molecular formula is C25H29ClN4O4S. The van der Waals surface area contributed by atoms with Gasteiger partial charge in [0.05, 0.1) is 17.0 Å². The summed E-state index contributed by atoms with van der Waals surface area (Å²) in [6.45, 7) is 3.80. The van der Waals surface area contributed by atoms with E-state index in [-0.39, 0.29) is 43.0 Å². The van der Waals surface area contributed by atoms with Gasteiger partial charge in [0.25, 0.3) is 5.91 Å². The van der Waals surface area contributed by atoms with E-state index in [1.807, 2.05) is 39.2 Å². The molecule has 0 aliphatic carbocycles. The third kappa shape index (κ3) is 5.80. The van der Waals surface area contributed by atoms with Gasteiger partial charge in [-0.25, -0.2) is 4.98 Å². The zero-order valence-corrected chi connectivity index (χ0v) is 21.7. The van der Waals surface area contributed by atoms with Gasteiger partial charge in [0.2, 0.25) is 11.8 Å². The van der Waals surface area contributed by atoms with Crippen molar-refractivity contribution in [3.8, 4) is 5.75 Å². The molecule has 0 N–H and O–H groups in total. The topological polar surface area (TPSA) is 83.0 Å². The highest BCUT2D eigenvalue weighted by molar-refractivity contribution is 7.22. The fourth-order valence-electron chi connectivity index (χ4n) is 3.90. The maximum atomic E-state index is 13.6. The molecule has 0 saturated carbocycles. The fraction of sp³-hybridized carbons (Fsp3) is 0.360. The van der Waals surface area contributed by atoms with Crippen LogP contribution in [-0.4, -0.2) is 61.4 Å². The molecule has 1 saturated heterocycles. The molecule has 0 atom stereocenters. The number of thiazole rings is 1. The van der Waals surface area contributed by atoms with Gasteiger partial charge in [-0.1, -0.05) is 17.4 Å². The van der Waals surface area contributed by atoms with Gasteiger partial charge in [0.1, 0.15) is 11.3 Å². The molecule has 2 aromatic carbocycles. The minimum atomic E-state index is -0.214. The predicted octanol–water partition coefficient (Wildman–Crippen LogP) is 4.37. The summed E-state index contributed by atoms with van der Waals surface area (Å²) < 4.78 is 6.68. The summed E-state index contributed by atoms with van der Waals surface area (Å²) in [5.74, 6) is 0.0943. The van der Waals surface area contributed by atoms with Crippen molar-refractivity contribution in [3.05, 3.63) is 48.0 Å². The summed E-state index contributed by atoms with van der Waals surface area (Å²) in [5.41, 5.74) is 1.71. The zero-order chi connectivity index (χ0) is 24.2. The number of hydrogen-bond acceptors (Lipinski definition) is 7. The van der Waals surface area contributed by atoms with Crippen LogP contribution in [0.1, 0.15) is 36.5 Å². The van der Waals surface area contributed by atoms with E-state index in [0.717, 1.165) is 23.2 Å². The third-order valence-electron chi connectivity index (χ3n) is 5.56. The molecule has 1 aliphatic rings. The molecule has 3 amide bonds. The number of ether oxygens (including phenoxy) is 1. The number of anilines is 2. The second kappa shape index (κ2) is 11.6. The molecule has 4 rings (SSSR count). The molecule has 8 nitrogen and oxygen atoms in total. The van der Waals surface area contributed by atoms with Gasteiger partial charge in [0.15, 0.2) is 5.13 Å². The average molecular weight is 517 g/mol. The Morgan fingerprint density at radius 3 is 2.37 bits per heavy atom. The number of halogens is 1. The van der Waals surface area contributed by atoms with E-state index in [9.17, 15) is 14.4 Å². The summed E-state index contributed by atoms with van der Waals surface area (Å²) >= 11 is 1.45. The van der Waals surface area contributed by atoms with Crippen molar-refractivity contribution in [2.45, 2.75) is 26.2 Å². The summed E-state index contributed by atoms with van der Waals surface area (Å²) in [5, 5.41) is 0.611. The smallest absolute Gasteiger partial charge is 0.260 e. The van der Waals surface area contributed by atoms with Crippen molar-refractivity contribution in [2.75, 3.05) is 43.6 Å². The van der Waals surface area contributed by atoms with E-state index in [4.69, 9.17) is 9.72 Å². The van der Waals surface area contributed by atoms with Crippen LogP contribution in [0.2, 0.25) is 0 Å². The maximum absolute atomic E-state index is 13.6. The van der Waals surface area contributed by atoms with E-state index >= 15 is 0 Å². The molecule has 35 heavy (non-hydrogen) atoms. The van der Waals surface area contributed by atoms with Gasteiger partial charge in [0, 0.05) is 24.9 Å². The van der Waals surface area contributed by atoms with Crippen LogP contribution in [0.15, 0.2) is 42.5 Å². The quantitative estimate of drug-likeness (QED) is 0.393. The molecule has 3 aromatic rings. The minimum Gasteiger partial charge on any atom is -0.492 e. The molecule has 186 valence electrons. The summed E-state index contributed by atoms with van der Waals surface area (Å²) in [4.78, 5) is 47.4. The molecule has 1 fully saturated rings. The van der Waals surface area contributed by atoms with Gasteiger partial charge in [-0.15, -0.1) is 12.4 Å². The molecule has 0 bridgehead atoms. The van der Waals surface area contributed by atoms with Crippen LogP contribution < -0.4 is 14.5 Å². The van der Waals surface area contributed by atoms with E-state index in [1.165, 1.54) is 16.2 Å². The lowest BCUT2D eigenvalue weighted by Gasteiger charge is -2.21. The molecule has 0 unspecified atom stereocenters. The van der Waals surface area contributed by atoms with Crippen LogP contribution in [0.3, 0.4) is 0 Å². The van der Waals surface area contributed by atoms with Crippen LogP contribution >= 0.6 is 23.7 Å². The highest BCUT2D eigenvalue weighted by Crippen LogP contribution is 2.35. The zero-order valence-electron chi connectivity index (χ0n) is 20.0. The second-order valence-corrected chi connectivity index (χ2v) is 9.32. The standard InChI is InChI=1S/C25H28N4O4S.ClH/c1-4-33-19-7-5-8-20-23(19)26-25(34-20)28(16-6-15-27(2)3)24(32)17-9-11-18(12-10-17)29-21(30)13-14-22(29)31;/h5,7-12H,4,6,13-16H2,1-3H3;1H. The normalized spacial score (nSPS) is 13.4. The predicted molar refractivity (Wildman–Crippen MR) is 141 cm³/mol. The van der Waals surface area contributed by atoms with Crippen molar-refractivity contribution in [3.63, 3.8) is 0 Å². The highest BCUT2D eigenvalue weighted by atomic mass is 35.5. The average Bonchev–Trinajstić information content (AvgIpc) is 3.40. The van der Waals surface area contributed by atoms with Crippen molar-refractivity contribution >= 4 is 62.5 Å². The number of aromatic nitrogens is 1. The number of rotatable bonds is 9. The Hall–Kier alpha value is -3.01. The van der Waals surface area contributed by atoms with E-state index in [1.54, 1.807) is 29.2 Å². The number of fused-ring (bicyclic) bond motifs is 1. The van der Waals surface area contributed by atoms with Crippen molar-refractivity contribution < 1.29 is 19.1 Å². The molecule has 1 aromatic heterocycles. The Bertz CT molecular complexity index is 1200. The lowest BCUT2D eigenvalue weighted by molar-refractivity contribution is -0.121. The first-order valence-electron chi connectivity index (χ1n) is 11.3. The maximum Gasteiger partial charge on any atom is 0.260 e. The van der Waals surface area contributed by atoms with Crippen molar-refractivity contribution in [2.24, 2.45) is 0 Å². The van der Waals surface area contributed by atoms with Crippen LogP contribution in [0, 0.1) is 0 Å². The Morgan fingerprint density at radius 2 is 1.74 bits per heavy atom. The van der Waals surface area contributed by atoms with Gasteiger partial charge < -0.3 is 9.64 Å². The van der Waals surface area contributed by atoms with Crippen LogP contribution in [-0.2, 0) is 9.59 Å². The van der Waals surface area contributed by atoms with Gasteiger partial charge >= 0.3 is 0 Å². The number of carbonyl (C=O) groups excluding carboxylic acids is 3. The van der Waals surface area contributed by atoms with Crippen LogP contribution in [0.5, 0.6) is 5.75 Å². The van der Waals surface area contributed by atoms with E-state index in [2.05, 4.69) is 4.90 Å². The molecular weight excluding hydrogens is 488 g/mol. The first-order valence-corrected chi connectivity index (χ1v) is 12.2. The lowest BCUT2D eigenvalue weighted by Crippen LogP contribution is -2.33. The van der Waals surface area contributed by atoms with Crippen LogP contribution in [0.4, 0.5) is 10.8 Å². The van der Waals surface area contributed by atoms with E-state index in [0.29, 0.717) is 35.3 Å². The minimum absolute atomic E-state index is 0. The van der Waals surface area contributed by atoms with Crippen molar-refractivity contribution in [1.82, 2.24) is 9.88 Å². The summed E-state index contributed by atoms with van der Waals surface area (Å²) in [6, 6.07) is 12.4. The molecule has 2 heterocycles. The van der Waals surface area contributed by atoms with Gasteiger partial charge in [-0.05, 0) is 70.4 Å². The largest absolute Gasteiger partial charge is 0.492 e. The van der Waals surface area contributed by atoms with Gasteiger partial charge in [-0.2, -0.15) is 0 Å².